The number of hydrogen-bond acceptors (Lipinski definition) is 7. The van der Waals surface area contributed by atoms with E-state index in [9.17, 15) is 24.0 Å². The molecule has 1 aromatic rings. The second-order valence-electron chi connectivity index (χ2n) is 5.88. The minimum Gasteiger partial charge on any atom is -0.454 e. The Labute approximate surface area is 166 Å². The lowest BCUT2D eigenvalue weighted by Gasteiger charge is -2.24. The number of likely N-dealkylation sites (N-methyl/N-ethyl adjacent to an activating group) is 1. The van der Waals surface area contributed by atoms with Gasteiger partial charge in [0.2, 0.25) is 5.91 Å². The van der Waals surface area contributed by atoms with Crippen molar-refractivity contribution in [3.8, 4) is 0 Å². The summed E-state index contributed by atoms with van der Waals surface area (Å²) in [5, 5.41) is 4.63. The van der Waals surface area contributed by atoms with Gasteiger partial charge in [-0.1, -0.05) is 12.1 Å². The van der Waals surface area contributed by atoms with Crippen LogP contribution in [0.3, 0.4) is 0 Å². The number of fused-ring (bicyclic) bond motifs is 1. The van der Waals surface area contributed by atoms with Crippen LogP contribution in [0, 0.1) is 0 Å². The van der Waals surface area contributed by atoms with Crippen LogP contribution in [0.4, 0.5) is 0 Å². The van der Waals surface area contributed by atoms with Gasteiger partial charge in [-0.05, 0) is 30.6 Å². The molecule has 1 aromatic carbocycles. The van der Waals surface area contributed by atoms with E-state index in [2.05, 4.69) is 10.6 Å². The minimum absolute atomic E-state index is 0.200. The Morgan fingerprint density at radius 2 is 1.71 bits per heavy atom. The van der Waals surface area contributed by atoms with E-state index in [1.54, 1.807) is 12.1 Å². The molecule has 1 aliphatic heterocycles. The van der Waals surface area contributed by atoms with E-state index in [-0.39, 0.29) is 24.1 Å². The molecule has 4 amide bonds. The first kappa shape index (κ1) is 21.4. The van der Waals surface area contributed by atoms with E-state index in [4.69, 9.17) is 4.74 Å². The number of carbonyl (C=O) groups excluding carboxylic acids is 5. The van der Waals surface area contributed by atoms with E-state index in [0.717, 1.165) is 4.90 Å². The molecular formula is C18H21N3O6S. The topological polar surface area (TPSA) is 122 Å². The average molecular weight is 407 g/mol. The van der Waals surface area contributed by atoms with Gasteiger partial charge in [-0.25, -0.2) is 4.79 Å². The largest absolute Gasteiger partial charge is 0.454 e. The van der Waals surface area contributed by atoms with Gasteiger partial charge in [0.1, 0.15) is 6.04 Å². The number of nitrogens with one attached hydrogen (secondary N) is 2. The standard InChI is InChI=1S/C18H21N3O6S/c1-19-14(22)9-20-15(23)10-27-18(26)13(7-8-28-2)21-16(24)11-5-3-4-6-12(11)17(21)25/h3-6,13H,7-10H2,1-2H3,(H,19,22)(H,20,23)/t13-/m0/s1. The molecule has 28 heavy (non-hydrogen) atoms. The minimum atomic E-state index is -1.13. The van der Waals surface area contributed by atoms with Crippen molar-refractivity contribution < 1.29 is 28.7 Å². The Morgan fingerprint density at radius 3 is 2.25 bits per heavy atom. The third-order valence-electron chi connectivity index (χ3n) is 4.08. The Balaban J connectivity index is 2.06. The van der Waals surface area contributed by atoms with Crippen molar-refractivity contribution in [2.45, 2.75) is 12.5 Å². The summed E-state index contributed by atoms with van der Waals surface area (Å²) in [6.07, 6.45) is 2.03. The zero-order valence-electron chi connectivity index (χ0n) is 15.5. The summed E-state index contributed by atoms with van der Waals surface area (Å²) in [6, 6.07) is 5.20. The van der Waals surface area contributed by atoms with Gasteiger partial charge >= 0.3 is 5.97 Å². The maximum Gasteiger partial charge on any atom is 0.329 e. The van der Waals surface area contributed by atoms with Gasteiger partial charge in [-0.2, -0.15) is 11.8 Å². The summed E-state index contributed by atoms with van der Waals surface area (Å²) in [5.41, 5.74) is 0.468. The van der Waals surface area contributed by atoms with E-state index < -0.39 is 42.2 Å². The van der Waals surface area contributed by atoms with Crippen molar-refractivity contribution >= 4 is 41.4 Å². The molecule has 1 atom stereocenters. The van der Waals surface area contributed by atoms with Crippen molar-refractivity contribution in [2.75, 3.05) is 32.2 Å². The molecule has 0 fully saturated rings. The lowest BCUT2D eigenvalue weighted by atomic mass is 10.1. The number of rotatable bonds is 9. The first-order valence-corrected chi connectivity index (χ1v) is 9.89. The molecule has 0 saturated heterocycles. The van der Waals surface area contributed by atoms with Gasteiger partial charge in [0.05, 0.1) is 17.7 Å². The normalized spacial score (nSPS) is 13.7. The number of hydrogen-bond donors (Lipinski definition) is 2. The molecule has 0 radical (unpaired) electrons. The van der Waals surface area contributed by atoms with Crippen LogP contribution in [-0.4, -0.2) is 72.7 Å². The number of thioether (sulfide) groups is 1. The predicted octanol–water partition coefficient (Wildman–Crippen LogP) is -0.190. The lowest BCUT2D eigenvalue weighted by Crippen LogP contribution is -2.47. The quantitative estimate of drug-likeness (QED) is 0.430. The van der Waals surface area contributed by atoms with Crippen molar-refractivity contribution in [1.82, 2.24) is 15.5 Å². The van der Waals surface area contributed by atoms with Gasteiger partial charge in [0, 0.05) is 7.05 Å². The average Bonchev–Trinajstić information content (AvgIpc) is 2.96. The second kappa shape index (κ2) is 9.88. The number of imide groups is 1. The zero-order valence-corrected chi connectivity index (χ0v) is 16.3. The highest BCUT2D eigenvalue weighted by Crippen LogP contribution is 2.26. The van der Waals surface area contributed by atoms with Crippen LogP contribution in [0.2, 0.25) is 0 Å². The molecular weight excluding hydrogens is 386 g/mol. The number of ether oxygens (including phenoxy) is 1. The molecule has 0 aliphatic carbocycles. The molecule has 150 valence electrons. The Kier molecular flexibility index (Phi) is 7.56. The molecule has 1 heterocycles. The third-order valence-corrected chi connectivity index (χ3v) is 4.72. The fraction of sp³-hybridized carbons (Fsp3) is 0.389. The van der Waals surface area contributed by atoms with E-state index in [1.165, 1.54) is 30.9 Å². The first-order valence-electron chi connectivity index (χ1n) is 8.50. The molecule has 2 N–H and O–H groups in total. The molecule has 0 bridgehead atoms. The zero-order chi connectivity index (χ0) is 20.7. The van der Waals surface area contributed by atoms with Crippen molar-refractivity contribution in [1.29, 1.82) is 0 Å². The SMILES string of the molecule is CNC(=O)CNC(=O)COC(=O)[C@H](CCSC)N1C(=O)c2ccccc2C1=O. The van der Waals surface area contributed by atoms with Crippen LogP contribution >= 0.6 is 11.8 Å². The van der Waals surface area contributed by atoms with Crippen LogP contribution in [0.1, 0.15) is 27.1 Å². The molecule has 0 aromatic heterocycles. The summed E-state index contributed by atoms with van der Waals surface area (Å²) in [6.45, 7) is -0.865. The van der Waals surface area contributed by atoms with Crippen molar-refractivity contribution in [3.05, 3.63) is 35.4 Å². The first-order chi connectivity index (χ1) is 13.4. The predicted molar refractivity (Wildman–Crippen MR) is 102 cm³/mol. The molecule has 1 aliphatic rings. The Hall–Kier alpha value is -2.88. The van der Waals surface area contributed by atoms with E-state index in [1.807, 2.05) is 6.26 Å². The summed E-state index contributed by atoms with van der Waals surface area (Å²) < 4.78 is 5.00. The summed E-state index contributed by atoms with van der Waals surface area (Å²) in [5.74, 6) is -2.53. The summed E-state index contributed by atoms with van der Waals surface area (Å²) >= 11 is 1.45. The monoisotopic (exact) mass is 407 g/mol. The Bertz CT molecular complexity index is 762. The smallest absolute Gasteiger partial charge is 0.329 e. The highest BCUT2D eigenvalue weighted by molar-refractivity contribution is 7.98. The number of benzene rings is 1. The highest BCUT2D eigenvalue weighted by Gasteiger charge is 2.43. The van der Waals surface area contributed by atoms with Crippen molar-refractivity contribution in [3.63, 3.8) is 0 Å². The Morgan fingerprint density at radius 1 is 1.11 bits per heavy atom. The van der Waals surface area contributed by atoms with Crippen molar-refractivity contribution in [2.24, 2.45) is 0 Å². The number of carbonyl (C=O) groups is 5. The fourth-order valence-corrected chi connectivity index (χ4v) is 3.08. The van der Waals surface area contributed by atoms with Gasteiger partial charge < -0.3 is 15.4 Å². The van der Waals surface area contributed by atoms with Crippen LogP contribution < -0.4 is 10.6 Å². The van der Waals surface area contributed by atoms with E-state index >= 15 is 0 Å². The van der Waals surface area contributed by atoms with Crippen LogP contribution in [0.15, 0.2) is 24.3 Å². The molecule has 0 spiro atoms. The maximum atomic E-state index is 12.6. The number of esters is 1. The third kappa shape index (κ3) is 4.89. The second-order valence-corrected chi connectivity index (χ2v) is 6.87. The number of nitrogens with zero attached hydrogens (tertiary/aromatic N) is 1. The molecule has 9 nitrogen and oxygen atoms in total. The lowest BCUT2D eigenvalue weighted by molar-refractivity contribution is -0.152. The molecule has 0 unspecified atom stereocenters. The highest BCUT2D eigenvalue weighted by atomic mass is 32.2. The van der Waals surface area contributed by atoms with Gasteiger partial charge in [-0.3, -0.25) is 24.1 Å². The fourth-order valence-electron chi connectivity index (χ4n) is 2.62. The molecule has 2 rings (SSSR count). The van der Waals surface area contributed by atoms with Gasteiger partial charge in [-0.15, -0.1) is 0 Å². The number of amides is 4. The van der Waals surface area contributed by atoms with Crippen LogP contribution in [0.5, 0.6) is 0 Å². The summed E-state index contributed by atoms with van der Waals surface area (Å²) in [4.78, 5) is 61.5. The van der Waals surface area contributed by atoms with Crippen LogP contribution in [0.25, 0.3) is 0 Å². The molecule has 10 heteroatoms. The van der Waals surface area contributed by atoms with Gasteiger partial charge in [0.25, 0.3) is 17.7 Å². The maximum absolute atomic E-state index is 12.6. The van der Waals surface area contributed by atoms with Gasteiger partial charge in [0.15, 0.2) is 6.61 Å². The summed E-state index contributed by atoms with van der Waals surface area (Å²) in [7, 11) is 1.42. The van der Waals surface area contributed by atoms with E-state index in [0.29, 0.717) is 5.75 Å². The van der Waals surface area contributed by atoms with Crippen LogP contribution in [-0.2, 0) is 19.1 Å². The molecule has 0 saturated carbocycles.